The Morgan fingerprint density at radius 2 is 1.84 bits per heavy atom. The third-order valence-electron chi connectivity index (χ3n) is 4.62. The van der Waals surface area contributed by atoms with Gasteiger partial charge in [-0.25, -0.2) is 27.8 Å². The van der Waals surface area contributed by atoms with Crippen LogP contribution in [0.1, 0.15) is 7.43 Å². The second kappa shape index (κ2) is 9.26. The Hall–Kier alpha value is -3.92. The van der Waals surface area contributed by atoms with E-state index in [1.165, 1.54) is 24.8 Å². The van der Waals surface area contributed by atoms with Gasteiger partial charge in [0.25, 0.3) is 0 Å². The van der Waals surface area contributed by atoms with Crippen LogP contribution in [0.4, 0.5) is 8.78 Å². The lowest BCUT2D eigenvalue weighted by atomic mass is 10.0. The van der Waals surface area contributed by atoms with Gasteiger partial charge in [0.05, 0.1) is 18.6 Å². The Morgan fingerprint density at radius 1 is 1.13 bits per heavy atom. The van der Waals surface area contributed by atoms with Crippen LogP contribution < -0.4 is 11.4 Å². The average Bonchev–Trinajstić information content (AvgIpc) is 3.43. The monoisotopic (exact) mass is 425 g/mol. The molecule has 0 radical (unpaired) electrons. The highest BCUT2D eigenvalue weighted by atomic mass is 19.1. The van der Waals surface area contributed by atoms with E-state index in [0.29, 0.717) is 17.7 Å². The van der Waals surface area contributed by atoms with Crippen LogP contribution in [0.2, 0.25) is 0 Å². The summed E-state index contributed by atoms with van der Waals surface area (Å²) in [6, 6.07) is 11.9. The summed E-state index contributed by atoms with van der Waals surface area (Å²) in [4.78, 5) is 16.6. The molecule has 0 unspecified atom stereocenters. The van der Waals surface area contributed by atoms with Crippen molar-refractivity contribution in [3.63, 3.8) is 0 Å². The zero-order valence-corrected chi connectivity index (χ0v) is 15.7. The minimum Gasteiger partial charge on any atom is -0.327 e. The minimum absolute atomic E-state index is 0. The van der Waals surface area contributed by atoms with Crippen molar-refractivity contribution in [2.45, 2.75) is 14.0 Å². The van der Waals surface area contributed by atoms with Gasteiger partial charge in [0.15, 0.2) is 5.82 Å². The van der Waals surface area contributed by atoms with E-state index in [2.05, 4.69) is 20.3 Å². The van der Waals surface area contributed by atoms with E-state index in [9.17, 15) is 13.6 Å². The third-order valence-corrected chi connectivity index (χ3v) is 4.62. The molecule has 8 nitrogen and oxygen atoms in total. The van der Waals surface area contributed by atoms with Gasteiger partial charge in [-0.15, -0.1) is 0 Å². The van der Waals surface area contributed by atoms with E-state index in [1.807, 2.05) is 24.3 Å². The lowest BCUT2D eigenvalue weighted by Gasteiger charge is -2.07. The molecule has 0 aliphatic carbocycles. The molecular formula is C21H21F2N7O. The predicted octanol–water partition coefficient (Wildman–Crippen LogP) is 3.07. The molecule has 10 heteroatoms. The highest BCUT2D eigenvalue weighted by Crippen LogP contribution is 2.25. The highest BCUT2D eigenvalue weighted by molar-refractivity contribution is 5.68. The number of nitrogens with zero attached hydrogens (tertiary/aromatic N) is 5. The van der Waals surface area contributed by atoms with Gasteiger partial charge in [-0.3, -0.25) is 5.10 Å². The van der Waals surface area contributed by atoms with Crippen molar-refractivity contribution in [3.8, 4) is 28.2 Å². The molecule has 0 spiro atoms. The maximum Gasteiger partial charge on any atom is 0.350 e. The van der Waals surface area contributed by atoms with Gasteiger partial charge >= 0.3 is 5.69 Å². The number of hydrogen-bond acceptors (Lipinski definition) is 5. The fourth-order valence-electron chi connectivity index (χ4n) is 2.99. The van der Waals surface area contributed by atoms with Crippen molar-refractivity contribution in [1.82, 2.24) is 29.5 Å². The summed E-state index contributed by atoms with van der Waals surface area (Å²) in [5.74, 6) is 0.0495. The largest absolute Gasteiger partial charge is 0.350 e. The minimum atomic E-state index is -0.592. The maximum absolute atomic E-state index is 14.8. The van der Waals surface area contributed by atoms with Crippen molar-refractivity contribution < 1.29 is 8.78 Å². The summed E-state index contributed by atoms with van der Waals surface area (Å²) in [5, 5.41) is 10.5. The molecule has 2 aromatic carbocycles. The standard InChI is InChI=1S/C20H17F2N7O.CH4/c21-8-13(9-23)10-29-20(30)28(12-26-29)18-6-5-16(7-17(18)22)14-1-3-15(4-2-14)19-24-11-25-27-19;/h1-8,11-12H,9-10,23H2,(H,24,25,27);1H4/b13-8+;. The average molecular weight is 425 g/mol. The molecule has 0 amide bonds. The van der Waals surface area contributed by atoms with E-state index >= 15 is 0 Å². The molecule has 0 saturated carbocycles. The molecule has 0 fully saturated rings. The van der Waals surface area contributed by atoms with Gasteiger partial charge in [0.1, 0.15) is 18.5 Å². The quantitative estimate of drug-likeness (QED) is 0.494. The molecule has 31 heavy (non-hydrogen) atoms. The molecule has 0 aliphatic rings. The van der Waals surface area contributed by atoms with Gasteiger partial charge in [0, 0.05) is 12.1 Å². The van der Waals surface area contributed by atoms with E-state index < -0.39 is 11.5 Å². The maximum atomic E-state index is 14.8. The zero-order chi connectivity index (χ0) is 21.1. The topological polar surface area (TPSA) is 107 Å². The number of aromatic nitrogens is 6. The van der Waals surface area contributed by atoms with Gasteiger partial charge in [-0.1, -0.05) is 37.8 Å². The van der Waals surface area contributed by atoms with Crippen LogP contribution in [0.3, 0.4) is 0 Å². The highest BCUT2D eigenvalue weighted by Gasteiger charge is 2.13. The molecule has 0 aliphatic heterocycles. The normalized spacial score (nSPS) is 11.4. The SMILES string of the molecule is C.NC/C(=C\F)Cn1ncn(-c2ccc(-c3ccc(-c4ncn[nH]4)cc3)cc2F)c1=O. The number of aromatic amines is 1. The molecule has 4 rings (SSSR count). The van der Waals surface area contributed by atoms with Gasteiger partial charge in [0.2, 0.25) is 0 Å². The zero-order valence-electron chi connectivity index (χ0n) is 15.7. The summed E-state index contributed by atoms with van der Waals surface area (Å²) in [6.07, 6.45) is 2.96. The Labute approximate surface area is 176 Å². The lowest BCUT2D eigenvalue weighted by Crippen LogP contribution is -2.26. The van der Waals surface area contributed by atoms with Crippen LogP contribution in [0.15, 0.2) is 71.8 Å². The van der Waals surface area contributed by atoms with Crippen LogP contribution in [0.25, 0.3) is 28.2 Å². The van der Waals surface area contributed by atoms with Crippen molar-refractivity contribution >= 4 is 0 Å². The van der Waals surface area contributed by atoms with Gasteiger partial charge < -0.3 is 5.73 Å². The summed E-state index contributed by atoms with van der Waals surface area (Å²) >= 11 is 0. The van der Waals surface area contributed by atoms with E-state index in [4.69, 9.17) is 5.73 Å². The van der Waals surface area contributed by atoms with Crippen LogP contribution in [0.5, 0.6) is 0 Å². The summed E-state index contributed by atoms with van der Waals surface area (Å²) in [6.45, 7) is -0.149. The molecule has 0 bridgehead atoms. The first-order valence-corrected chi connectivity index (χ1v) is 8.99. The number of nitrogens with one attached hydrogen (secondary N) is 1. The van der Waals surface area contributed by atoms with Crippen LogP contribution in [-0.4, -0.2) is 36.1 Å². The van der Waals surface area contributed by atoms with Crippen LogP contribution in [0, 0.1) is 5.82 Å². The lowest BCUT2D eigenvalue weighted by molar-refractivity contribution is 0.602. The fourth-order valence-corrected chi connectivity index (χ4v) is 2.99. The summed E-state index contributed by atoms with van der Waals surface area (Å²) in [7, 11) is 0. The number of hydrogen-bond donors (Lipinski definition) is 2. The Morgan fingerprint density at radius 3 is 2.45 bits per heavy atom. The molecule has 0 saturated heterocycles. The molecule has 2 heterocycles. The van der Waals surface area contributed by atoms with Crippen LogP contribution in [-0.2, 0) is 6.54 Å². The number of H-pyrrole nitrogens is 1. The Kier molecular flexibility index (Phi) is 6.51. The number of benzene rings is 2. The Bertz CT molecular complexity index is 1240. The smallest absolute Gasteiger partial charge is 0.327 e. The number of nitrogens with two attached hydrogens (primary N) is 1. The number of halogens is 2. The first-order valence-electron chi connectivity index (χ1n) is 8.99. The van der Waals surface area contributed by atoms with E-state index in [0.717, 1.165) is 20.4 Å². The van der Waals surface area contributed by atoms with E-state index in [-0.39, 0.29) is 31.8 Å². The first-order chi connectivity index (χ1) is 14.6. The van der Waals surface area contributed by atoms with Crippen LogP contribution >= 0.6 is 0 Å². The Balaban J connectivity index is 0.00000272. The molecule has 160 valence electrons. The van der Waals surface area contributed by atoms with Crippen molar-refractivity contribution in [1.29, 1.82) is 0 Å². The first kappa shape index (κ1) is 21.8. The molecule has 0 atom stereocenters. The second-order valence-electron chi connectivity index (χ2n) is 6.49. The second-order valence-corrected chi connectivity index (χ2v) is 6.49. The predicted molar refractivity (Wildman–Crippen MR) is 114 cm³/mol. The molecule has 2 aromatic heterocycles. The van der Waals surface area contributed by atoms with Crippen molar-refractivity contribution in [3.05, 3.63) is 83.3 Å². The molecule has 4 aromatic rings. The van der Waals surface area contributed by atoms with Crippen molar-refractivity contribution in [2.75, 3.05) is 6.54 Å². The molecular weight excluding hydrogens is 404 g/mol. The van der Waals surface area contributed by atoms with Gasteiger partial charge in [-0.2, -0.15) is 10.2 Å². The van der Waals surface area contributed by atoms with Gasteiger partial charge in [-0.05, 0) is 28.8 Å². The third kappa shape index (κ3) is 4.33. The van der Waals surface area contributed by atoms with Crippen molar-refractivity contribution in [2.24, 2.45) is 5.73 Å². The summed E-state index contributed by atoms with van der Waals surface area (Å²) < 4.78 is 29.6. The molecule has 3 N–H and O–H groups in total. The van der Waals surface area contributed by atoms with E-state index in [1.54, 1.807) is 6.07 Å². The number of rotatable bonds is 6. The summed E-state index contributed by atoms with van der Waals surface area (Å²) in [5.41, 5.74) is 7.36. The fraction of sp³-hybridized carbons (Fsp3) is 0.143.